The molecule has 0 amide bonds. The zero-order chi connectivity index (χ0) is 14.9. The average Bonchev–Trinajstić information content (AvgIpc) is 2.74. The van der Waals surface area contributed by atoms with Crippen LogP contribution in [0, 0.1) is 0 Å². The van der Waals surface area contributed by atoms with Gasteiger partial charge in [-0.25, -0.2) is 13.6 Å². The van der Waals surface area contributed by atoms with E-state index in [-0.39, 0.29) is 27.3 Å². The fourth-order valence-electron chi connectivity index (χ4n) is 1.53. The van der Waals surface area contributed by atoms with Gasteiger partial charge >= 0.3 is 0 Å². The number of hydrogen-bond acceptors (Lipinski definition) is 4. The van der Waals surface area contributed by atoms with Gasteiger partial charge in [-0.1, -0.05) is 23.2 Å². The summed E-state index contributed by atoms with van der Waals surface area (Å²) < 4.78 is 29.7. The molecule has 1 aromatic carbocycles. The molecule has 2 aromatic rings. The second-order valence-electron chi connectivity index (χ2n) is 4.03. The molecular formula is C11H11Cl2N3O3S. The Morgan fingerprint density at radius 3 is 2.60 bits per heavy atom. The SMILES string of the molecule is Cn1ccc(COc2cc(Cl)c(S(N)(=O)=O)cc2Cl)n1. The summed E-state index contributed by atoms with van der Waals surface area (Å²) in [4.78, 5) is -0.241. The predicted octanol–water partition coefficient (Wildman–Crippen LogP) is 1.95. The monoisotopic (exact) mass is 335 g/mol. The molecule has 2 rings (SSSR count). The van der Waals surface area contributed by atoms with Crippen molar-refractivity contribution in [3.63, 3.8) is 0 Å². The maximum absolute atomic E-state index is 11.3. The lowest BCUT2D eigenvalue weighted by molar-refractivity contribution is 0.300. The largest absolute Gasteiger partial charge is 0.486 e. The minimum atomic E-state index is -3.92. The van der Waals surface area contributed by atoms with Crippen LogP contribution in [0.4, 0.5) is 0 Å². The first kappa shape index (κ1) is 15.1. The van der Waals surface area contributed by atoms with Gasteiger partial charge in [-0.05, 0) is 12.1 Å². The molecule has 0 atom stereocenters. The predicted molar refractivity (Wildman–Crippen MR) is 75.4 cm³/mol. The van der Waals surface area contributed by atoms with Crippen molar-refractivity contribution in [2.75, 3.05) is 0 Å². The van der Waals surface area contributed by atoms with Crippen molar-refractivity contribution in [3.8, 4) is 5.75 Å². The highest BCUT2D eigenvalue weighted by Crippen LogP contribution is 2.33. The Bertz CT molecular complexity index is 743. The van der Waals surface area contributed by atoms with Crippen molar-refractivity contribution in [1.29, 1.82) is 0 Å². The number of rotatable bonds is 4. The zero-order valence-electron chi connectivity index (χ0n) is 10.4. The summed E-state index contributed by atoms with van der Waals surface area (Å²) in [6.45, 7) is 0.186. The molecule has 0 aliphatic heterocycles. The Morgan fingerprint density at radius 2 is 2.05 bits per heavy atom. The number of nitrogens with two attached hydrogens (primary N) is 1. The number of halogens is 2. The Balaban J connectivity index is 2.23. The van der Waals surface area contributed by atoms with Crippen molar-refractivity contribution < 1.29 is 13.2 Å². The van der Waals surface area contributed by atoms with Gasteiger partial charge in [0.15, 0.2) is 0 Å². The fraction of sp³-hybridized carbons (Fsp3) is 0.182. The zero-order valence-corrected chi connectivity index (χ0v) is 12.7. The molecule has 9 heteroatoms. The van der Waals surface area contributed by atoms with Crippen LogP contribution in [0.2, 0.25) is 10.0 Å². The topological polar surface area (TPSA) is 87.2 Å². The summed E-state index contributed by atoms with van der Waals surface area (Å²) >= 11 is 11.8. The molecule has 0 radical (unpaired) electrons. The minimum absolute atomic E-state index is 0.0482. The van der Waals surface area contributed by atoms with Crippen LogP contribution >= 0.6 is 23.2 Å². The number of primary sulfonamides is 1. The molecule has 1 heterocycles. The van der Waals surface area contributed by atoms with E-state index in [9.17, 15) is 8.42 Å². The molecule has 0 fully saturated rings. The molecule has 0 saturated carbocycles. The van der Waals surface area contributed by atoms with Gasteiger partial charge in [0.2, 0.25) is 10.0 Å². The van der Waals surface area contributed by atoms with Crippen LogP contribution in [0.25, 0.3) is 0 Å². The highest BCUT2D eigenvalue weighted by molar-refractivity contribution is 7.89. The number of ether oxygens (including phenoxy) is 1. The molecule has 108 valence electrons. The van der Waals surface area contributed by atoms with Gasteiger partial charge < -0.3 is 4.74 Å². The van der Waals surface area contributed by atoms with Gasteiger partial charge in [-0.15, -0.1) is 0 Å². The normalized spacial score (nSPS) is 11.6. The lowest BCUT2D eigenvalue weighted by Crippen LogP contribution is -2.13. The van der Waals surface area contributed by atoms with E-state index >= 15 is 0 Å². The van der Waals surface area contributed by atoms with Crippen LogP contribution in [0.15, 0.2) is 29.3 Å². The van der Waals surface area contributed by atoms with Gasteiger partial charge in [-0.3, -0.25) is 4.68 Å². The summed E-state index contributed by atoms with van der Waals surface area (Å²) in [5.74, 6) is 0.259. The second-order valence-corrected chi connectivity index (χ2v) is 6.37. The van der Waals surface area contributed by atoms with Crippen LogP contribution in [-0.2, 0) is 23.7 Å². The number of benzene rings is 1. The highest BCUT2D eigenvalue weighted by atomic mass is 35.5. The number of sulfonamides is 1. The molecule has 6 nitrogen and oxygen atoms in total. The average molecular weight is 336 g/mol. The van der Waals surface area contributed by atoms with Crippen LogP contribution < -0.4 is 9.88 Å². The molecule has 20 heavy (non-hydrogen) atoms. The smallest absolute Gasteiger partial charge is 0.239 e. The highest BCUT2D eigenvalue weighted by Gasteiger charge is 2.17. The molecule has 0 unspecified atom stereocenters. The number of nitrogens with zero attached hydrogens (tertiary/aromatic N) is 2. The van der Waals surface area contributed by atoms with Gasteiger partial charge in [0, 0.05) is 19.3 Å². The summed E-state index contributed by atoms with van der Waals surface area (Å²) in [6.07, 6.45) is 1.78. The lowest BCUT2D eigenvalue weighted by atomic mass is 10.3. The molecule has 0 spiro atoms. The quantitative estimate of drug-likeness (QED) is 0.924. The standard InChI is InChI=1S/C11H11Cl2N3O3S/c1-16-3-2-7(15-16)6-19-10-4-9(13)11(5-8(10)12)20(14,17)18/h2-5H,6H2,1H3,(H2,14,17,18). The van der Waals surface area contributed by atoms with Crippen molar-refractivity contribution in [2.45, 2.75) is 11.5 Å². The Morgan fingerprint density at radius 1 is 1.35 bits per heavy atom. The van der Waals surface area contributed by atoms with Crippen LogP contribution in [0.3, 0.4) is 0 Å². The molecule has 0 saturated heterocycles. The van der Waals surface area contributed by atoms with Crippen LogP contribution in [0.5, 0.6) is 5.75 Å². The first-order chi connectivity index (χ1) is 9.27. The van der Waals surface area contributed by atoms with E-state index in [1.807, 2.05) is 0 Å². The third-order valence-electron chi connectivity index (χ3n) is 2.44. The fourth-order valence-corrected chi connectivity index (χ4v) is 2.90. The molecule has 1 aromatic heterocycles. The molecule has 0 aliphatic carbocycles. The van der Waals surface area contributed by atoms with E-state index in [0.717, 1.165) is 6.07 Å². The van der Waals surface area contributed by atoms with Crippen molar-refractivity contribution in [3.05, 3.63) is 40.1 Å². The maximum Gasteiger partial charge on any atom is 0.239 e. The number of aryl methyl sites for hydroxylation is 1. The van der Waals surface area contributed by atoms with Gasteiger partial charge in [0.05, 0.1) is 15.7 Å². The summed E-state index contributed by atoms with van der Waals surface area (Å²) in [5, 5.41) is 9.21. The van der Waals surface area contributed by atoms with Crippen LogP contribution in [0.1, 0.15) is 5.69 Å². The lowest BCUT2D eigenvalue weighted by Gasteiger charge is -2.09. The summed E-state index contributed by atoms with van der Waals surface area (Å²) in [7, 11) is -2.14. The van der Waals surface area contributed by atoms with Gasteiger partial charge in [0.1, 0.15) is 17.3 Å². The number of aromatic nitrogens is 2. The van der Waals surface area contributed by atoms with E-state index in [4.69, 9.17) is 33.1 Å². The van der Waals surface area contributed by atoms with Crippen LogP contribution in [-0.4, -0.2) is 18.2 Å². The summed E-state index contributed by atoms with van der Waals surface area (Å²) in [6, 6.07) is 4.26. The Labute approximate surface area is 126 Å². The van der Waals surface area contributed by atoms with E-state index < -0.39 is 10.0 Å². The van der Waals surface area contributed by atoms with E-state index in [1.165, 1.54) is 6.07 Å². The van der Waals surface area contributed by atoms with Crippen molar-refractivity contribution in [2.24, 2.45) is 12.2 Å². The maximum atomic E-state index is 11.3. The van der Waals surface area contributed by atoms with E-state index in [0.29, 0.717) is 5.69 Å². The Hall–Kier alpha value is -1.28. The minimum Gasteiger partial charge on any atom is -0.486 e. The van der Waals surface area contributed by atoms with Gasteiger partial charge in [0.25, 0.3) is 0 Å². The first-order valence-electron chi connectivity index (χ1n) is 5.40. The molecular weight excluding hydrogens is 325 g/mol. The van der Waals surface area contributed by atoms with E-state index in [1.54, 1.807) is 24.0 Å². The van der Waals surface area contributed by atoms with Crippen molar-refractivity contribution >= 4 is 33.2 Å². The molecule has 2 N–H and O–H groups in total. The molecule has 0 aliphatic rings. The number of hydrogen-bond donors (Lipinski definition) is 1. The second kappa shape index (κ2) is 5.61. The third-order valence-corrected chi connectivity index (χ3v) is 4.11. The third kappa shape index (κ3) is 3.43. The van der Waals surface area contributed by atoms with Gasteiger partial charge in [-0.2, -0.15) is 5.10 Å². The van der Waals surface area contributed by atoms with Crippen molar-refractivity contribution in [1.82, 2.24) is 9.78 Å². The molecule has 0 bridgehead atoms. The van der Waals surface area contributed by atoms with E-state index in [2.05, 4.69) is 5.10 Å². The summed E-state index contributed by atoms with van der Waals surface area (Å²) in [5.41, 5.74) is 0.704. The Kier molecular flexibility index (Phi) is 4.24. The first-order valence-corrected chi connectivity index (χ1v) is 7.71.